The smallest absolute Gasteiger partial charge is 0.324 e. The van der Waals surface area contributed by atoms with Gasteiger partial charge in [-0.3, -0.25) is 19.4 Å². The van der Waals surface area contributed by atoms with E-state index in [1.165, 1.54) is 18.2 Å². The molecule has 2 heterocycles. The third kappa shape index (κ3) is 7.37. The molecule has 236 valence electrons. The number of piperazine rings is 1. The Hall–Kier alpha value is -3.05. The Bertz CT molecular complexity index is 1350. The fourth-order valence-corrected chi connectivity index (χ4v) is 5.88. The number of carbonyl (C=O) groups excluding carboxylic acids is 2. The Morgan fingerprint density at radius 2 is 1.47 bits per heavy atom. The summed E-state index contributed by atoms with van der Waals surface area (Å²) in [6.45, 7) is 12.6. The largest absolute Gasteiger partial charge is 0.459 e. The SMILES string of the molecule is CC(C)(C)OC(=O)[C@H](Cc1cccc(F)c1F)N1CCN(C(=O)[C@@H]2CN(C(C)(C)C)C[C@H]2c2ccc(F)c(F)c2F)CC1. The predicted molar refractivity (Wildman–Crippen MR) is 152 cm³/mol. The minimum atomic E-state index is -1.56. The topological polar surface area (TPSA) is 53.1 Å². The van der Waals surface area contributed by atoms with E-state index in [1.54, 1.807) is 30.6 Å². The highest BCUT2D eigenvalue weighted by atomic mass is 19.2. The van der Waals surface area contributed by atoms with Gasteiger partial charge in [-0.15, -0.1) is 0 Å². The van der Waals surface area contributed by atoms with Crippen LogP contribution in [0.5, 0.6) is 0 Å². The lowest BCUT2D eigenvalue weighted by Gasteiger charge is -2.40. The first-order valence-electron chi connectivity index (χ1n) is 14.5. The summed E-state index contributed by atoms with van der Waals surface area (Å²) in [5.74, 6) is -8.38. The predicted octanol–water partition coefficient (Wildman–Crippen LogP) is 5.29. The molecule has 4 rings (SSSR count). The average Bonchev–Trinajstić information content (AvgIpc) is 3.37. The highest BCUT2D eigenvalue weighted by Crippen LogP contribution is 2.39. The van der Waals surface area contributed by atoms with Crippen LogP contribution in [0.3, 0.4) is 0 Å². The van der Waals surface area contributed by atoms with Crippen LogP contribution in [0.4, 0.5) is 22.0 Å². The molecular formula is C32H40F5N3O3. The second kappa shape index (κ2) is 12.5. The second-order valence-electron chi connectivity index (χ2n) is 13.4. The van der Waals surface area contributed by atoms with Crippen LogP contribution in [-0.4, -0.2) is 83.0 Å². The first-order chi connectivity index (χ1) is 20.0. The molecule has 43 heavy (non-hydrogen) atoms. The van der Waals surface area contributed by atoms with E-state index in [-0.39, 0.29) is 55.2 Å². The van der Waals surface area contributed by atoms with Crippen molar-refractivity contribution in [1.29, 1.82) is 0 Å². The van der Waals surface area contributed by atoms with Gasteiger partial charge in [-0.1, -0.05) is 18.2 Å². The fourth-order valence-electron chi connectivity index (χ4n) is 5.88. The summed E-state index contributed by atoms with van der Waals surface area (Å²) in [6, 6.07) is 4.99. The number of rotatable bonds is 6. The first-order valence-corrected chi connectivity index (χ1v) is 14.5. The fraction of sp³-hybridized carbons (Fsp3) is 0.562. The maximum absolute atomic E-state index is 14.9. The lowest BCUT2D eigenvalue weighted by molar-refractivity contribution is -0.162. The lowest BCUT2D eigenvalue weighted by atomic mass is 9.87. The molecule has 2 fully saturated rings. The Morgan fingerprint density at radius 3 is 2.07 bits per heavy atom. The van der Waals surface area contributed by atoms with Gasteiger partial charge in [0.2, 0.25) is 5.91 Å². The van der Waals surface area contributed by atoms with Crippen LogP contribution in [0, 0.1) is 35.0 Å². The van der Waals surface area contributed by atoms with Gasteiger partial charge in [0.25, 0.3) is 0 Å². The van der Waals surface area contributed by atoms with Crippen LogP contribution in [0.15, 0.2) is 30.3 Å². The molecule has 0 aromatic heterocycles. The van der Waals surface area contributed by atoms with Crippen LogP contribution in [-0.2, 0) is 20.7 Å². The molecule has 0 saturated carbocycles. The molecule has 0 N–H and O–H groups in total. The molecule has 2 aromatic carbocycles. The van der Waals surface area contributed by atoms with Crippen molar-refractivity contribution in [3.05, 3.63) is 70.5 Å². The summed E-state index contributed by atoms with van der Waals surface area (Å²) in [7, 11) is 0. The van der Waals surface area contributed by atoms with E-state index in [9.17, 15) is 31.5 Å². The molecule has 6 nitrogen and oxygen atoms in total. The Morgan fingerprint density at radius 1 is 0.837 bits per heavy atom. The number of nitrogens with zero attached hydrogens (tertiary/aromatic N) is 3. The van der Waals surface area contributed by atoms with Gasteiger partial charge in [0.05, 0.1) is 5.92 Å². The molecule has 0 aliphatic carbocycles. The zero-order valence-electron chi connectivity index (χ0n) is 25.5. The Balaban J connectivity index is 1.54. The average molecular weight is 610 g/mol. The molecule has 2 aliphatic heterocycles. The second-order valence-corrected chi connectivity index (χ2v) is 13.4. The number of hydrogen-bond acceptors (Lipinski definition) is 5. The van der Waals surface area contributed by atoms with Crippen molar-refractivity contribution >= 4 is 11.9 Å². The van der Waals surface area contributed by atoms with Crippen molar-refractivity contribution in [1.82, 2.24) is 14.7 Å². The molecule has 0 spiro atoms. The third-order valence-electron chi connectivity index (χ3n) is 8.24. The van der Waals surface area contributed by atoms with Gasteiger partial charge in [0.15, 0.2) is 29.1 Å². The van der Waals surface area contributed by atoms with Crippen LogP contribution < -0.4 is 0 Å². The van der Waals surface area contributed by atoms with Crippen LogP contribution in [0.1, 0.15) is 58.6 Å². The maximum atomic E-state index is 14.9. The zero-order chi connectivity index (χ0) is 31.9. The summed E-state index contributed by atoms with van der Waals surface area (Å²) in [6.07, 6.45) is -0.118. The number of benzene rings is 2. The Kier molecular flexibility index (Phi) is 9.56. The van der Waals surface area contributed by atoms with E-state index in [0.29, 0.717) is 13.1 Å². The highest BCUT2D eigenvalue weighted by molar-refractivity contribution is 5.81. The van der Waals surface area contributed by atoms with E-state index >= 15 is 0 Å². The summed E-state index contributed by atoms with van der Waals surface area (Å²) < 4.78 is 77.0. The first kappa shape index (κ1) is 32.9. The summed E-state index contributed by atoms with van der Waals surface area (Å²) >= 11 is 0. The normalized spacial score (nSPS) is 21.2. The van der Waals surface area contributed by atoms with Crippen LogP contribution in [0.2, 0.25) is 0 Å². The summed E-state index contributed by atoms with van der Waals surface area (Å²) in [5.41, 5.74) is -1.16. The number of amides is 1. The number of likely N-dealkylation sites (tertiary alicyclic amines) is 1. The van der Waals surface area contributed by atoms with Crippen molar-refractivity contribution in [3.8, 4) is 0 Å². The summed E-state index contributed by atoms with van der Waals surface area (Å²) in [4.78, 5) is 32.6. The lowest BCUT2D eigenvalue weighted by Crippen LogP contribution is -2.56. The molecule has 2 aromatic rings. The standard InChI is InChI=1S/C32H40F5N3O3/c1-31(2,3)40-17-21(20-10-11-24(34)28(37)27(20)36)22(18-40)29(41)39-14-12-38(13-15-39)25(30(42)43-32(4,5)6)16-19-8-7-9-23(33)26(19)35/h7-11,21-22,25H,12-18H2,1-6H3/t21-,22+,25-/m0/s1. The van der Waals surface area contributed by atoms with E-state index in [2.05, 4.69) is 0 Å². The van der Waals surface area contributed by atoms with Gasteiger partial charge in [-0.25, -0.2) is 22.0 Å². The Labute approximate surface area is 249 Å². The molecule has 2 aliphatic rings. The molecule has 0 unspecified atom stereocenters. The van der Waals surface area contributed by atoms with E-state index in [4.69, 9.17) is 4.74 Å². The molecule has 0 radical (unpaired) electrons. The van der Waals surface area contributed by atoms with Gasteiger partial charge in [0, 0.05) is 57.1 Å². The number of carbonyl (C=O) groups is 2. The van der Waals surface area contributed by atoms with Crippen molar-refractivity contribution in [2.24, 2.45) is 5.92 Å². The maximum Gasteiger partial charge on any atom is 0.324 e. The monoisotopic (exact) mass is 609 g/mol. The number of hydrogen-bond donors (Lipinski definition) is 0. The molecule has 2 saturated heterocycles. The summed E-state index contributed by atoms with van der Waals surface area (Å²) in [5, 5.41) is 0. The minimum absolute atomic E-state index is 0.0373. The van der Waals surface area contributed by atoms with Crippen molar-refractivity contribution in [3.63, 3.8) is 0 Å². The van der Waals surface area contributed by atoms with E-state index in [1.807, 2.05) is 25.7 Å². The third-order valence-corrected chi connectivity index (χ3v) is 8.24. The number of ether oxygens (including phenoxy) is 1. The van der Waals surface area contributed by atoms with Crippen LogP contribution in [0.25, 0.3) is 0 Å². The van der Waals surface area contributed by atoms with Crippen molar-refractivity contribution in [2.75, 3.05) is 39.3 Å². The van der Waals surface area contributed by atoms with Crippen molar-refractivity contribution < 1.29 is 36.3 Å². The molecule has 11 heteroatoms. The van der Waals surface area contributed by atoms with Gasteiger partial charge < -0.3 is 9.64 Å². The van der Waals surface area contributed by atoms with Gasteiger partial charge in [0.1, 0.15) is 11.6 Å². The number of esters is 1. The molecule has 0 bridgehead atoms. The molecular weight excluding hydrogens is 569 g/mol. The van der Waals surface area contributed by atoms with Crippen molar-refractivity contribution in [2.45, 2.75) is 71.1 Å². The van der Waals surface area contributed by atoms with Gasteiger partial charge in [-0.05, 0) is 64.8 Å². The zero-order valence-corrected chi connectivity index (χ0v) is 25.5. The van der Waals surface area contributed by atoms with Crippen LogP contribution >= 0.6 is 0 Å². The van der Waals surface area contributed by atoms with E-state index in [0.717, 1.165) is 12.1 Å². The van der Waals surface area contributed by atoms with Gasteiger partial charge >= 0.3 is 5.97 Å². The van der Waals surface area contributed by atoms with Gasteiger partial charge in [-0.2, -0.15) is 0 Å². The highest BCUT2D eigenvalue weighted by Gasteiger charge is 2.45. The number of halogens is 5. The van der Waals surface area contributed by atoms with E-state index < -0.39 is 58.5 Å². The minimum Gasteiger partial charge on any atom is -0.459 e. The molecule has 1 amide bonds. The molecule has 3 atom stereocenters. The quantitative estimate of drug-likeness (QED) is 0.253.